The van der Waals surface area contributed by atoms with Crippen LogP contribution in [0.5, 0.6) is 0 Å². The standard InChI is InChI=1S/C10H9FN4OS/c1-5-14-15-10(17-5)13-9(16)6-2-3-8(12)7(11)4-6/h2-4H,12H2,1H3,(H,13,15,16). The van der Waals surface area contributed by atoms with Crippen molar-refractivity contribution >= 4 is 28.1 Å². The van der Waals surface area contributed by atoms with E-state index in [-0.39, 0.29) is 11.3 Å². The molecule has 0 aliphatic heterocycles. The number of carbonyl (C=O) groups is 1. The molecule has 0 aliphatic rings. The molecule has 0 fully saturated rings. The van der Waals surface area contributed by atoms with Crippen LogP contribution in [0, 0.1) is 12.7 Å². The molecule has 7 heteroatoms. The van der Waals surface area contributed by atoms with Crippen LogP contribution >= 0.6 is 11.3 Å². The lowest BCUT2D eigenvalue weighted by atomic mass is 10.2. The minimum atomic E-state index is -0.619. The monoisotopic (exact) mass is 252 g/mol. The lowest BCUT2D eigenvalue weighted by Gasteiger charge is -2.02. The molecule has 0 bridgehead atoms. The summed E-state index contributed by atoms with van der Waals surface area (Å²) >= 11 is 1.25. The minimum absolute atomic E-state index is 0.00769. The number of aryl methyl sites for hydroxylation is 1. The van der Waals surface area contributed by atoms with E-state index < -0.39 is 11.7 Å². The van der Waals surface area contributed by atoms with Gasteiger partial charge in [-0.25, -0.2) is 4.39 Å². The van der Waals surface area contributed by atoms with Crippen LogP contribution < -0.4 is 11.1 Å². The van der Waals surface area contributed by atoms with Crippen molar-refractivity contribution in [2.75, 3.05) is 11.1 Å². The van der Waals surface area contributed by atoms with Crippen LogP contribution in [0.25, 0.3) is 0 Å². The highest BCUT2D eigenvalue weighted by Gasteiger charge is 2.10. The number of amides is 1. The van der Waals surface area contributed by atoms with E-state index in [0.717, 1.165) is 11.1 Å². The molecule has 0 unspecified atom stereocenters. The average molecular weight is 252 g/mol. The second-order valence-electron chi connectivity index (χ2n) is 3.32. The van der Waals surface area contributed by atoms with Gasteiger partial charge in [-0.2, -0.15) is 0 Å². The summed E-state index contributed by atoms with van der Waals surface area (Å²) in [7, 11) is 0. The summed E-state index contributed by atoms with van der Waals surface area (Å²) in [5, 5.41) is 11.1. The van der Waals surface area contributed by atoms with Crippen LogP contribution in [0.15, 0.2) is 18.2 Å². The Hall–Kier alpha value is -2.02. The highest BCUT2D eigenvalue weighted by Crippen LogP contribution is 2.16. The smallest absolute Gasteiger partial charge is 0.257 e. The fourth-order valence-electron chi connectivity index (χ4n) is 1.18. The Labute approximate surface area is 100 Å². The van der Waals surface area contributed by atoms with Crippen LogP contribution in [0.1, 0.15) is 15.4 Å². The molecule has 1 heterocycles. The lowest BCUT2D eigenvalue weighted by molar-refractivity contribution is 0.102. The third-order valence-electron chi connectivity index (χ3n) is 2.01. The van der Waals surface area contributed by atoms with Crippen LogP contribution in [0.2, 0.25) is 0 Å². The van der Waals surface area contributed by atoms with Crippen LogP contribution in [-0.4, -0.2) is 16.1 Å². The zero-order valence-electron chi connectivity index (χ0n) is 8.90. The summed E-state index contributed by atoms with van der Waals surface area (Å²) in [6, 6.07) is 3.87. The lowest BCUT2D eigenvalue weighted by Crippen LogP contribution is -2.12. The number of hydrogen-bond acceptors (Lipinski definition) is 5. The summed E-state index contributed by atoms with van der Waals surface area (Å²) in [6.45, 7) is 1.77. The Kier molecular flexibility index (Phi) is 3.01. The Morgan fingerprint density at radius 2 is 2.24 bits per heavy atom. The molecular formula is C10H9FN4OS. The highest BCUT2D eigenvalue weighted by molar-refractivity contribution is 7.15. The van der Waals surface area contributed by atoms with Crippen LogP contribution in [0.3, 0.4) is 0 Å². The molecule has 0 atom stereocenters. The fraction of sp³-hybridized carbons (Fsp3) is 0.100. The molecule has 0 aliphatic carbocycles. The molecule has 88 valence electrons. The Morgan fingerprint density at radius 1 is 1.47 bits per heavy atom. The number of nitrogens with zero attached hydrogens (tertiary/aromatic N) is 2. The molecule has 0 saturated carbocycles. The first-order valence-electron chi connectivity index (χ1n) is 4.73. The topological polar surface area (TPSA) is 80.9 Å². The molecule has 0 saturated heterocycles. The summed E-state index contributed by atoms with van der Waals surface area (Å²) in [4.78, 5) is 11.7. The van der Waals surface area contributed by atoms with E-state index in [1.165, 1.54) is 23.5 Å². The van der Waals surface area contributed by atoms with Gasteiger partial charge < -0.3 is 5.73 Å². The number of anilines is 2. The second kappa shape index (κ2) is 4.46. The van der Waals surface area contributed by atoms with Crippen molar-refractivity contribution < 1.29 is 9.18 Å². The van der Waals surface area contributed by atoms with Crippen molar-refractivity contribution in [3.05, 3.63) is 34.6 Å². The van der Waals surface area contributed by atoms with Crippen molar-refractivity contribution in [1.29, 1.82) is 0 Å². The molecule has 17 heavy (non-hydrogen) atoms. The van der Waals surface area contributed by atoms with Crippen molar-refractivity contribution in [1.82, 2.24) is 10.2 Å². The zero-order valence-corrected chi connectivity index (χ0v) is 9.71. The van der Waals surface area contributed by atoms with Gasteiger partial charge in [-0.1, -0.05) is 11.3 Å². The Bertz CT molecular complexity index is 569. The van der Waals surface area contributed by atoms with Gasteiger partial charge >= 0.3 is 0 Å². The second-order valence-corrected chi connectivity index (χ2v) is 4.50. The third-order valence-corrected chi connectivity index (χ3v) is 2.76. The van der Waals surface area contributed by atoms with E-state index in [9.17, 15) is 9.18 Å². The number of hydrogen-bond donors (Lipinski definition) is 2. The third kappa shape index (κ3) is 2.56. The Morgan fingerprint density at radius 3 is 2.82 bits per heavy atom. The van der Waals surface area contributed by atoms with Crippen molar-refractivity contribution in [3.8, 4) is 0 Å². The molecule has 3 N–H and O–H groups in total. The number of nitrogen functional groups attached to an aromatic ring is 1. The molecule has 1 aromatic carbocycles. The predicted octanol–water partition coefficient (Wildman–Crippen LogP) is 1.82. The first-order valence-corrected chi connectivity index (χ1v) is 5.54. The van der Waals surface area contributed by atoms with E-state index in [2.05, 4.69) is 15.5 Å². The maximum atomic E-state index is 13.2. The van der Waals surface area contributed by atoms with Gasteiger partial charge in [0.2, 0.25) is 5.13 Å². The minimum Gasteiger partial charge on any atom is -0.396 e. The summed E-state index contributed by atoms with van der Waals surface area (Å²) in [5.41, 5.74) is 5.51. The normalized spacial score (nSPS) is 10.2. The van der Waals surface area contributed by atoms with Gasteiger partial charge in [0, 0.05) is 5.56 Å². The van der Waals surface area contributed by atoms with Crippen molar-refractivity contribution in [2.45, 2.75) is 6.92 Å². The molecule has 2 aromatic rings. The fourth-order valence-corrected chi connectivity index (χ4v) is 1.77. The van der Waals surface area contributed by atoms with Crippen LogP contribution in [-0.2, 0) is 0 Å². The molecule has 5 nitrogen and oxygen atoms in total. The van der Waals surface area contributed by atoms with Gasteiger partial charge in [0.15, 0.2) is 0 Å². The van der Waals surface area contributed by atoms with Crippen LogP contribution in [0.4, 0.5) is 15.2 Å². The molecule has 0 spiro atoms. The number of aromatic nitrogens is 2. The largest absolute Gasteiger partial charge is 0.396 e. The quantitative estimate of drug-likeness (QED) is 0.799. The van der Waals surface area contributed by atoms with Crippen molar-refractivity contribution in [2.24, 2.45) is 0 Å². The maximum Gasteiger partial charge on any atom is 0.257 e. The number of nitrogens with one attached hydrogen (secondary N) is 1. The van der Waals surface area contributed by atoms with Gasteiger partial charge in [-0.15, -0.1) is 10.2 Å². The average Bonchev–Trinajstić information content (AvgIpc) is 2.68. The first-order chi connectivity index (χ1) is 8.06. The van der Waals surface area contributed by atoms with E-state index in [1.807, 2.05) is 0 Å². The molecule has 1 aromatic heterocycles. The first kappa shape index (κ1) is 11.5. The summed E-state index contributed by atoms with van der Waals surface area (Å²) in [6.07, 6.45) is 0. The summed E-state index contributed by atoms with van der Waals surface area (Å²) < 4.78 is 13.2. The molecule has 1 amide bonds. The number of nitrogens with two attached hydrogens (primary N) is 1. The van der Waals surface area contributed by atoms with E-state index >= 15 is 0 Å². The predicted molar refractivity (Wildman–Crippen MR) is 63.4 cm³/mol. The van der Waals surface area contributed by atoms with Gasteiger partial charge in [0.1, 0.15) is 10.8 Å². The van der Waals surface area contributed by atoms with Gasteiger partial charge in [-0.3, -0.25) is 10.1 Å². The zero-order chi connectivity index (χ0) is 12.4. The van der Waals surface area contributed by atoms with E-state index in [1.54, 1.807) is 6.92 Å². The van der Waals surface area contributed by atoms with Crippen molar-refractivity contribution in [3.63, 3.8) is 0 Å². The number of carbonyl (C=O) groups excluding carboxylic acids is 1. The van der Waals surface area contributed by atoms with Gasteiger partial charge in [0.25, 0.3) is 5.91 Å². The molecule has 0 radical (unpaired) electrons. The Balaban J connectivity index is 2.17. The van der Waals surface area contributed by atoms with E-state index in [0.29, 0.717) is 5.13 Å². The number of benzene rings is 1. The van der Waals surface area contributed by atoms with Gasteiger partial charge in [-0.05, 0) is 25.1 Å². The number of rotatable bonds is 2. The molecular weight excluding hydrogens is 243 g/mol. The highest BCUT2D eigenvalue weighted by atomic mass is 32.1. The van der Waals surface area contributed by atoms with E-state index in [4.69, 9.17) is 5.73 Å². The molecule has 2 rings (SSSR count). The number of halogens is 1. The summed E-state index contributed by atoms with van der Waals surface area (Å²) in [5.74, 6) is -1.06. The maximum absolute atomic E-state index is 13.2. The van der Waals surface area contributed by atoms with Gasteiger partial charge in [0.05, 0.1) is 5.69 Å². The SMILES string of the molecule is Cc1nnc(NC(=O)c2ccc(N)c(F)c2)s1.